The molecule has 1 spiro atoms. The van der Waals surface area contributed by atoms with Crippen molar-refractivity contribution < 1.29 is 57.2 Å². The van der Waals surface area contributed by atoms with Crippen LogP contribution in [0.15, 0.2) is 52.8 Å². The number of hydrogen-bond donors (Lipinski definition) is 1. The zero-order chi connectivity index (χ0) is 38.2. The van der Waals surface area contributed by atoms with E-state index in [-0.39, 0.29) is 47.5 Å². The van der Waals surface area contributed by atoms with E-state index in [1.165, 1.54) is 13.8 Å². The van der Waals surface area contributed by atoms with E-state index in [1.54, 1.807) is 58.0 Å². The van der Waals surface area contributed by atoms with Crippen molar-refractivity contribution in [1.29, 1.82) is 0 Å². The van der Waals surface area contributed by atoms with Gasteiger partial charge in [0.1, 0.15) is 11.9 Å². The molecular weight excluding hydrogens is 689 g/mol. The molecule has 0 amide bonds. The molecule has 2 saturated heterocycles. The quantitative estimate of drug-likeness (QED) is 0.187. The van der Waals surface area contributed by atoms with E-state index >= 15 is 4.79 Å². The van der Waals surface area contributed by atoms with Crippen molar-refractivity contribution in [3.05, 3.63) is 58.4 Å². The zero-order valence-corrected chi connectivity index (χ0v) is 32.5. The van der Waals surface area contributed by atoms with Crippen molar-refractivity contribution in [1.82, 2.24) is 0 Å². The summed E-state index contributed by atoms with van der Waals surface area (Å²) in [5.74, 6) is -5.06. The van der Waals surface area contributed by atoms with Crippen molar-refractivity contribution in [2.75, 3.05) is 6.61 Å². The van der Waals surface area contributed by atoms with Gasteiger partial charge in [-0.25, -0.2) is 4.79 Å². The van der Waals surface area contributed by atoms with Crippen LogP contribution in [-0.4, -0.2) is 85.3 Å². The highest BCUT2D eigenvalue weighted by molar-refractivity contribution is 6.73. The average Bonchev–Trinajstić information content (AvgIpc) is 3.47. The van der Waals surface area contributed by atoms with Gasteiger partial charge in [-0.15, -0.1) is 0 Å². The fraction of sp³-hybridized carbons (Fsp3) is 0.615. The number of carbonyl (C=O) groups is 5. The van der Waals surface area contributed by atoms with Crippen LogP contribution in [-0.2, 0) is 47.3 Å². The first-order chi connectivity index (χ1) is 24.4. The minimum Gasteiger partial charge on any atom is -0.508 e. The van der Waals surface area contributed by atoms with E-state index in [1.807, 2.05) is 0 Å². The number of Topliss-reactive ketones (excluding diaryl/α,β-unsaturated/α-hetero) is 1. The molecule has 2 aliphatic heterocycles. The van der Waals surface area contributed by atoms with Crippen molar-refractivity contribution in [2.45, 2.75) is 129 Å². The lowest BCUT2D eigenvalue weighted by Gasteiger charge is -2.67. The third-order valence-electron chi connectivity index (χ3n) is 12.9. The number of allylic oxidation sites excluding steroid dienone is 1. The van der Waals surface area contributed by atoms with Gasteiger partial charge in [-0.3, -0.25) is 19.2 Å². The number of aliphatic hydroxyl groups is 1. The minimum atomic E-state index is -2.53. The number of ketones is 1. The van der Waals surface area contributed by atoms with Crippen LogP contribution >= 0.6 is 0 Å². The Balaban J connectivity index is 1.75. The first-order valence-corrected chi connectivity index (χ1v) is 20.8. The van der Waals surface area contributed by atoms with Gasteiger partial charge >= 0.3 is 23.9 Å². The smallest absolute Gasteiger partial charge is 0.338 e. The summed E-state index contributed by atoms with van der Waals surface area (Å²) in [5.41, 5.74) is -5.89. The maximum absolute atomic E-state index is 15.8. The average molecular weight is 739 g/mol. The van der Waals surface area contributed by atoms with Crippen LogP contribution in [0.1, 0.15) is 85.5 Å². The molecule has 4 fully saturated rings. The molecule has 0 unspecified atom stereocenters. The summed E-state index contributed by atoms with van der Waals surface area (Å²) in [4.78, 5) is 70.0. The van der Waals surface area contributed by atoms with Crippen LogP contribution in [0, 0.1) is 16.7 Å². The molecule has 12 nitrogen and oxygen atoms in total. The first kappa shape index (κ1) is 37.9. The molecule has 1 aromatic carbocycles. The van der Waals surface area contributed by atoms with E-state index in [0.717, 1.165) is 18.1 Å². The van der Waals surface area contributed by atoms with E-state index < -0.39 is 90.3 Å². The summed E-state index contributed by atoms with van der Waals surface area (Å²) in [6, 6.07) is 10.5. The van der Waals surface area contributed by atoms with Gasteiger partial charge in [-0.1, -0.05) is 52.8 Å². The van der Waals surface area contributed by atoms with E-state index in [2.05, 4.69) is 20.8 Å². The fourth-order valence-corrected chi connectivity index (χ4v) is 13.1. The Hall–Kier alpha value is -3.81. The van der Waals surface area contributed by atoms with Crippen LogP contribution in [0.25, 0.3) is 0 Å². The van der Waals surface area contributed by atoms with Gasteiger partial charge in [-0.2, -0.15) is 0 Å². The van der Waals surface area contributed by atoms with Crippen LogP contribution < -0.4 is 0 Å². The molecule has 6 rings (SSSR count). The summed E-state index contributed by atoms with van der Waals surface area (Å²) in [5, 5.41) is 12.0. The monoisotopic (exact) mass is 738 g/mol. The van der Waals surface area contributed by atoms with Crippen molar-refractivity contribution in [2.24, 2.45) is 16.7 Å². The molecule has 2 bridgehead atoms. The molecule has 8 atom stereocenters. The lowest BCUT2D eigenvalue weighted by molar-refractivity contribution is -0.340. The highest BCUT2D eigenvalue weighted by Gasteiger charge is 2.81. The Morgan fingerprint density at radius 1 is 0.962 bits per heavy atom. The molecule has 1 N–H and O–H groups in total. The maximum atomic E-state index is 15.8. The van der Waals surface area contributed by atoms with Gasteiger partial charge in [-0.05, 0) is 55.3 Å². The molecule has 0 aromatic heterocycles. The van der Waals surface area contributed by atoms with Crippen LogP contribution in [0.3, 0.4) is 0 Å². The third kappa shape index (κ3) is 5.16. The second kappa shape index (κ2) is 12.9. The van der Waals surface area contributed by atoms with E-state index in [0.29, 0.717) is 0 Å². The van der Waals surface area contributed by atoms with Crippen molar-refractivity contribution >= 4 is 38.0 Å². The number of aliphatic hydroxyl groups excluding tert-OH is 1. The molecule has 2 saturated carbocycles. The van der Waals surface area contributed by atoms with E-state index in [9.17, 15) is 24.3 Å². The first-order valence-electron chi connectivity index (χ1n) is 18.2. The Bertz CT molecular complexity index is 1750. The fourth-order valence-electron chi connectivity index (χ4n) is 10.1. The van der Waals surface area contributed by atoms with Gasteiger partial charge in [0.25, 0.3) is 0 Å². The lowest BCUT2D eigenvalue weighted by atomic mass is 9.44. The number of carbonyl (C=O) groups excluding carboxylic acids is 5. The molecule has 282 valence electrons. The van der Waals surface area contributed by atoms with Gasteiger partial charge in [0, 0.05) is 31.3 Å². The summed E-state index contributed by atoms with van der Waals surface area (Å²) in [6.07, 6.45) is -5.01. The van der Waals surface area contributed by atoms with Crippen molar-refractivity contribution in [3.63, 3.8) is 0 Å². The number of ether oxygens (including phenoxy) is 5. The predicted molar refractivity (Wildman–Crippen MR) is 188 cm³/mol. The lowest BCUT2D eigenvalue weighted by Crippen LogP contribution is -2.82. The predicted octanol–water partition coefficient (Wildman–Crippen LogP) is 5.70. The summed E-state index contributed by atoms with van der Waals surface area (Å²) < 4.78 is 38.8. The standard InChI is InChI=1S/C39H50O12Si/c1-10-52(11-2,12-3)51-26-19-27-38(20-46-27,49-23(6)41)32-34(48-35(45)24-16-14-13-15-17-24)39-25(18-28(42)50-39)30(43)21(4)29(36(39,7)8)31(47-22(5)40)33(44)37(26,32)9/h13-17,26-27,31-32,34,43H,10-12,18-20H2,1-9H3/t26-,27+,31+,32-,34-,37+,38-,39+/m0/s1. The third-order valence-corrected chi connectivity index (χ3v) is 17.6. The molecule has 52 heavy (non-hydrogen) atoms. The Labute approximate surface area is 305 Å². The van der Waals surface area contributed by atoms with Crippen LogP contribution in [0.4, 0.5) is 0 Å². The summed E-state index contributed by atoms with van der Waals surface area (Å²) in [6.45, 7) is 15.2. The topological polar surface area (TPSA) is 161 Å². The number of rotatable bonds is 9. The number of esters is 4. The second-order valence-corrected chi connectivity index (χ2v) is 20.3. The van der Waals surface area contributed by atoms with Crippen molar-refractivity contribution in [3.8, 4) is 0 Å². The number of fused-ring (bicyclic) bond motifs is 4. The van der Waals surface area contributed by atoms with Gasteiger partial charge in [0.2, 0.25) is 0 Å². The normalized spacial score (nSPS) is 34.8. The van der Waals surface area contributed by atoms with E-state index in [4.69, 9.17) is 28.1 Å². The molecule has 3 aliphatic carbocycles. The second-order valence-electron chi connectivity index (χ2n) is 15.6. The van der Waals surface area contributed by atoms with Crippen LogP contribution in [0.2, 0.25) is 18.1 Å². The zero-order valence-electron chi connectivity index (χ0n) is 31.5. The van der Waals surface area contributed by atoms with Gasteiger partial charge < -0.3 is 33.2 Å². The highest BCUT2D eigenvalue weighted by atomic mass is 28.4. The minimum absolute atomic E-state index is 0.148. The Morgan fingerprint density at radius 2 is 1.60 bits per heavy atom. The van der Waals surface area contributed by atoms with Crippen LogP contribution in [0.5, 0.6) is 0 Å². The van der Waals surface area contributed by atoms with Gasteiger partial charge in [0.05, 0.1) is 36.0 Å². The molecular formula is C39H50O12Si. The Kier molecular flexibility index (Phi) is 9.44. The maximum Gasteiger partial charge on any atom is 0.338 e. The summed E-state index contributed by atoms with van der Waals surface area (Å²) in [7, 11) is -2.53. The molecule has 2 heterocycles. The number of benzene rings is 1. The summed E-state index contributed by atoms with van der Waals surface area (Å²) >= 11 is 0. The van der Waals surface area contributed by atoms with Gasteiger partial charge in [0.15, 0.2) is 37.5 Å². The largest absolute Gasteiger partial charge is 0.508 e. The SMILES string of the molecule is CC[Si](CC)(CC)O[C@H]1C[C@H]2OC[C@@]2(OC(C)=O)[C@H]2[C@H](OC(=O)c3ccccc3)[C@]34OC(=O)CC3=C(O)C(C)=C([C@@H](OC(C)=O)C(=O)[C@]12C)C4(C)C. The molecule has 1 aromatic rings. The molecule has 5 aliphatic rings. The molecule has 0 radical (unpaired) electrons. The Morgan fingerprint density at radius 3 is 2.13 bits per heavy atom. The number of hydrogen-bond acceptors (Lipinski definition) is 12. The molecule has 13 heteroatoms. The highest BCUT2D eigenvalue weighted by Crippen LogP contribution is 2.68.